The lowest BCUT2D eigenvalue weighted by atomic mass is 9.77. The molecule has 0 bridgehead atoms. The van der Waals surface area contributed by atoms with Crippen LogP contribution >= 0.6 is 0 Å². The van der Waals surface area contributed by atoms with Crippen LogP contribution in [0, 0.1) is 5.82 Å². The molecular weight excluding hydrogens is 473 g/mol. The quantitative estimate of drug-likeness (QED) is 0.382. The van der Waals surface area contributed by atoms with E-state index in [1.165, 1.54) is 34.1 Å². The number of nitrogens with zero attached hydrogens (tertiary/aromatic N) is 5. The average molecular weight is 504 g/mol. The van der Waals surface area contributed by atoms with Crippen molar-refractivity contribution in [1.82, 2.24) is 29.6 Å². The number of benzene rings is 1. The van der Waals surface area contributed by atoms with Gasteiger partial charge in [0.05, 0.1) is 0 Å². The normalized spacial score (nSPS) is 17.9. The van der Waals surface area contributed by atoms with E-state index in [-0.39, 0.29) is 16.7 Å². The summed E-state index contributed by atoms with van der Waals surface area (Å²) in [6, 6.07) is 9.02. The first-order chi connectivity index (χ1) is 17.7. The van der Waals surface area contributed by atoms with Gasteiger partial charge < -0.3 is 15.7 Å². The molecule has 37 heavy (non-hydrogen) atoms. The molecule has 9 nitrogen and oxygen atoms in total. The van der Waals surface area contributed by atoms with E-state index in [4.69, 9.17) is 0 Å². The SMILES string of the molecule is CCn1c(=O)c2cnc(Nc3ccc4c(c3)CNCC4(C)C)nc2n1-c1ccc(F)c(C2(O)CCC2)n1. The van der Waals surface area contributed by atoms with Crippen molar-refractivity contribution in [2.45, 2.75) is 64.1 Å². The number of halogens is 1. The fraction of sp³-hybridized carbons (Fsp3) is 0.407. The zero-order chi connectivity index (χ0) is 25.9. The highest BCUT2D eigenvalue weighted by Gasteiger charge is 2.40. The second-order valence-electron chi connectivity index (χ2n) is 10.6. The first-order valence-electron chi connectivity index (χ1n) is 12.7. The lowest BCUT2D eigenvalue weighted by Crippen LogP contribution is -2.38. The van der Waals surface area contributed by atoms with Crippen LogP contribution in [-0.4, -0.2) is 36.0 Å². The lowest BCUT2D eigenvalue weighted by molar-refractivity contribution is -0.0457. The van der Waals surface area contributed by atoms with Crippen molar-refractivity contribution in [1.29, 1.82) is 0 Å². The lowest BCUT2D eigenvalue weighted by Gasteiger charge is -2.36. The Hall–Kier alpha value is -3.63. The Morgan fingerprint density at radius 1 is 1.19 bits per heavy atom. The van der Waals surface area contributed by atoms with E-state index in [0.717, 1.165) is 25.2 Å². The van der Waals surface area contributed by atoms with E-state index in [0.29, 0.717) is 42.2 Å². The Morgan fingerprint density at radius 2 is 2.00 bits per heavy atom. The molecule has 192 valence electrons. The van der Waals surface area contributed by atoms with Gasteiger partial charge in [-0.2, -0.15) is 4.98 Å². The summed E-state index contributed by atoms with van der Waals surface area (Å²) in [7, 11) is 0. The van der Waals surface area contributed by atoms with Crippen molar-refractivity contribution in [3.63, 3.8) is 0 Å². The predicted octanol–water partition coefficient (Wildman–Crippen LogP) is 3.63. The Morgan fingerprint density at radius 3 is 2.73 bits per heavy atom. The number of hydrogen-bond donors (Lipinski definition) is 3. The minimum absolute atomic E-state index is 0.00574. The van der Waals surface area contributed by atoms with E-state index in [1.807, 2.05) is 13.0 Å². The van der Waals surface area contributed by atoms with Crippen LogP contribution < -0.4 is 16.2 Å². The summed E-state index contributed by atoms with van der Waals surface area (Å²) in [5, 5.41) is 17.8. The van der Waals surface area contributed by atoms with Gasteiger partial charge in [0.2, 0.25) is 5.95 Å². The molecule has 3 N–H and O–H groups in total. The molecule has 4 heterocycles. The second kappa shape index (κ2) is 8.46. The second-order valence-corrected chi connectivity index (χ2v) is 10.6. The minimum Gasteiger partial charge on any atom is -0.383 e. The van der Waals surface area contributed by atoms with Crippen molar-refractivity contribution in [3.8, 4) is 5.82 Å². The van der Waals surface area contributed by atoms with Gasteiger partial charge in [0.25, 0.3) is 5.56 Å². The van der Waals surface area contributed by atoms with Gasteiger partial charge in [0.1, 0.15) is 22.5 Å². The van der Waals surface area contributed by atoms with Crippen LogP contribution in [0.15, 0.2) is 41.3 Å². The molecular formula is C27H30FN7O2. The summed E-state index contributed by atoms with van der Waals surface area (Å²) >= 11 is 0. The third-order valence-electron chi connectivity index (χ3n) is 7.62. The van der Waals surface area contributed by atoms with Gasteiger partial charge in [-0.05, 0) is 61.6 Å². The number of pyridine rings is 1. The zero-order valence-electron chi connectivity index (χ0n) is 21.2. The number of hydrogen-bond acceptors (Lipinski definition) is 7. The maximum atomic E-state index is 14.6. The fourth-order valence-electron chi connectivity index (χ4n) is 5.44. The highest BCUT2D eigenvalue weighted by molar-refractivity contribution is 5.77. The van der Waals surface area contributed by atoms with Gasteiger partial charge in [0.15, 0.2) is 11.5 Å². The van der Waals surface area contributed by atoms with Crippen LogP contribution in [0.25, 0.3) is 16.9 Å². The molecule has 0 unspecified atom stereocenters. The van der Waals surface area contributed by atoms with E-state index in [2.05, 4.69) is 51.6 Å². The number of anilines is 2. The summed E-state index contributed by atoms with van der Waals surface area (Å²) in [6.07, 6.45) is 3.23. The maximum absolute atomic E-state index is 14.6. The topological polar surface area (TPSA) is 110 Å². The minimum atomic E-state index is -1.28. The smallest absolute Gasteiger partial charge is 0.278 e. The molecule has 2 aliphatic rings. The predicted molar refractivity (Wildman–Crippen MR) is 139 cm³/mol. The summed E-state index contributed by atoms with van der Waals surface area (Å²) < 4.78 is 17.7. The van der Waals surface area contributed by atoms with Crippen LogP contribution in [0.4, 0.5) is 16.0 Å². The molecule has 0 radical (unpaired) electrons. The summed E-state index contributed by atoms with van der Waals surface area (Å²) in [4.78, 5) is 26.7. The number of fused-ring (bicyclic) bond motifs is 2. The molecule has 1 saturated carbocycles. The van der Waals surface area contributed by atoms with E-state index in [1.54, 1.807) is 4.68 Å². The molecule has 0 amide bonds. The number of aliphatic hydroxyl groups is 1. The van der Waals surface area contributed by atoms with Gasteiger partial charge in [-0.3, -0.25) is 4.79 Å². The highest BCUT2D eigenvalue weighted by Crippen LogP contribution is 2.41. The summed E-state index contributed by atoms with van der Waals surface area (Å²) in [6.45, 7) is 8.35. The molecule has 4 aromatic rings. The highest BCUT2D eigenvalue weighted by atomic mass is 19.1. The van der Waals surface area contributed by atoms with Crippen LogP contribution in [0.2, 0.25) is 0 Å². The maximum Gasteiger partial charge on any atom is 0.278 e. The van der Waals surface area contributed by atoms with Gasteiger partial charge in [-0.1, -0.05) is 19.9 Å². The molecule has 1 fully saturated rings. The Kier molecular flexibility index (Phi) is 5.43. The van der Waals surface area contributed by atoms with Crippen LogP contribution in [-0.2, 0) is 24.1 Å². The zero-order valence-corrected chi connectivity index (χ0v) is 21.2. The van der Waals surface area contributed by atoms with Gasteiger partial charge in [-0.15, -0.1) is 0 Å². The Labute approximate surface area is 213 Å². The van der Waals surface area contributed by atoms with E-state index < -0.39 is 11.4 Å². The number of rotatable bonds is 5. The first kappa shape index (κ1) is 23.7. The third kappa shape index (κ3) is 3.82. The number of nitrogens with one attached hydrogen (secondary N) is 2. The Bertz CT molecular complexity index is 1590. The molecule has 0 spiro atoms. The molecule has 10 heteroatoms. The van der Waals surface area contributed by atoms with Gasteiger partial charge in [0, 0.05) is 36.9 Å². The van der Waals surface area contributed by atoms with Gasteiger partial charge in [-0.25, -0.2) is 23.7 Å². The first-order valence-corrected chi connectivity index (χ1v) is 12.7. The van der Waals surface area contributed by atoms with Crippen LogP contribution in [0.5, 0.6) is 0 Å². The molecule has 0 atom stereocenters. The Balaban J connectivity index is 1.43. The average Bonchev–Trinajstić information content (AvgIpc) is 3.13. The number of aromatic nitrogens is 5. The molecule has 3 aromatic heterocycles. The van der Waals surface area contributed by atoms with E-state index in [9.17, 15) is 14.3 Å². The summed E-state index contributed by atoms with van der Waals surface area (Å²) in [5.41, 5.74) is 2.24. The summed E-state index contributed by atoms with van der Waals surface area (Å²) in [5.74, 6) is 0.0877. The molecule has 6 rings (SSSR count). The van der Waals surface area contributed by atoms with Crippen LogP contribution in [0.3, 0.4) is 0 Å². The van der Waals surface area contributed by atoms with Gasteiger partial charge >= 0.3 is 0 Å². The molecule has 1 aliphatic heterocycles. The van der Waals surface area contributed by atoms with Crippen molar-refractivity contribution in [2.75, 3.05) is 11.9 Å². The van der Waals surface area contributed by atoms with Crippen molar-refractivity contribution >= 4 is 22.7 Å². The van der Waals surface area contributed by atoms with E-state index >= 15 is 0 Å². The third-order valence-corrected chi connectivity index (χ3v) is 7.62. The van der Waals surface area contributed by atoms with Crippen molar-refractivity contribution in [3.05, 3.63) is 69.5 Å². The molecule has 1 aromatic carbocycles. The fourth-order valence-corrected chi connectivity index (χ4v) is 5.44. The monoisotopic (exact) mass is 503 g/mol. The van der Waals surface area contributed by atoms with Crippen molar-refractivity contribution in [2.24, 2.45) is 0 Å². The standard InChI is InChI=1S/C27H30FN7O2/c1-4-34-24(36)18-14-30-25(31-17-6-7-19-16(12-17)13-29-15-26(19,2)3)33-23(18)35(34)21-9-8-20(28)22(32-21)27(37)10-5-11-27/h6-9,12,14,29,37H,4-5,10-11,13,15H2,1-3H3,(H,30,31,33). The van der Waals surface area contributed by atoms with Crippen molar-refractivity contribution < 1.29 is 9.50 Å². The molecule has 0 saturated heterocycles. The largest absolute Gasteiger partial charge is 0.383 e. The molecule has 1 aliphatic carbocycles. The van der Waals surface area contributed by atoms with Crippen LogP contribution in [0.1, 0.15) is 56.9 Å².